The molecular weight excluding hydrogens is 552 g/mol. The Morgan fingerprint density at radius 1 is 1.03 bits per heavy atom. The van der Waals surface area contributed by atoms with Crippen LogP contribution < -0.4 is 10.2 Å². The van der Waals surface area contributed by atoms with E-state index in [1.807, 2.05) is 44.2 Å². The molecule has 1 saturated heterocycles. The third-order valence-corrected chi connectivity index (χ3v) is 7.88. The summed E-state index contributed by atoms with van der Waals surface area (Å²) in [5.74, 6) is -3.54. The molecule has 2 aliphatic rings. The van der Waals surface area contributed by atoms with Gasteiger partial charge < -0.3 is 9.47 Å². The van der Waals surface area contributed by atoms with E-state index in [-0.39, 0.29) is 19.1 Å². The molecule has 1 spiro atoms. The number of esters is 2. The van der Waals surface area contributed by atoms with Crippen LogP contribution in [0.5, 0.6) is 0 Å². The molecular formula is C29H33BrN2O6. The summed E-state index contributed by atoms with van der Waals surface area (Å²) in [6.45, 7) is 8.62. The van der Waals surface area contributed by atoms with E-state index in [1.54, 1.807) is 32.0 Å². The number of anilines is 1. The molecule has 0 unspecified atom stereocenters. The smallest absolute Gasteiger partial charge is 0.339 e. The average molecular weight is 585 g/mol. The van der Waals surface area contributed by atoms with Crippen LogP contribution in [-0.2, 0) is 34.1 Å². The maximum absolute atomic E-state index is 14.8. The highest BCUT2D eigenvalue weighted by molar-refractivity contribution is 9.10. The monoisotopic (exact) mass is 584 g/mol. The quantitative estimate of drug-likeness (QED) is 0.383. The Labute approximate surface area is 231 Å². The van der Waals surface area contributed by atoms with Crippen LogP contribution in [0.4, 0.5) is 5.69 Å². The Morgan fingerprint density at radius 2 is 1.63 bits per heavy atom. The summed E-state index contributed by atoms with van der Waals surface area (Å²) in [4.78, 5) is 57.1. The van der Waals surface area contributed by atoms with Crippen molar-refractivity contribution in [3.05, 3.63) is 64.1 Å². The van der Waals surface area contributed by atoms with Gasteiger partial charge in [-0.3, -0.25) is 14.9 Å². The zero-order chi connectivity index (χ0) is 27.8. The number of hydrogen-bond donors (Lipinski definition) is 1. The molecule has 0 bridgehead atoms. The zero-order valence-electron chi connectivity index (χ0n) is 22.2. The van der Waals surface area contributed by atoms with Gasteiger partial charge in [-0.05, 0) is 55.5 Å². The molecule has 0 saturated carbocycles. The number of hydrogen-bond acceptors (Lipinski definition) is 7. The van der Waals surface area contributed by atoms with E-state index in [4.69, 9.17) is 9.47 Å². The zero-order valence-corrected chi connectivity index (χ0v) is 23.8. The summed E-state index contributed by atoms with van der Waals surface area (Å²) in [6, 6.07) is 13.9. The van der Waals surface area contributed by atoms with E-state index in [0.29, 0.717) is 22.1 Å². The van der Waals surface area contributed by atoms with Crippen LogP contribution >= 0.6 is 15.9 Å². The number of benzene rings is 2. The van der Waals surface area contributed by atoms with Crippen LogP contribution in [-0.4, -0.2) is 48.5 Å². The molecule has 9 heteroatoms. The molecule has 202 valence electrons. The lowest BCUT2D eigenvalue weighted by Gasteiger charge is -2.41. The minimum Gasteiger partial charge on any atom is -0.464 e. The van der Waals surface area contributed by atoms with Crippen molar-refractivity contribution in [2.45, 2.75) is 64.0 Å². The van der Waals surface area contributed by atoms with Crippen molar-refractivity contribution >= 4 is 45.4 Å². The molecule has 1 N–H and O–H groups in total. The van der Waals surface area contributed by atoms with E-state index in [0.717, 1.165) is 10.5 Å². The van der Waals surface area contributed by atoms with Gasteiger partial charge >= 0.3 is 11.9 Å². The molecule has 1 fully saturated rings. The molecule has 0 radical (unpaired) electrons. The van der Waals surface area contributed by atoms with Crippen LogP contribution in [0.15, 0.2) is 53.0 Å². The average Bonchev–Trinajstić information content (AvgIpc) is 3.30. The van der Waals surface area contributed by atoms with Gasteiger partial charge in [-0.15, -0.1) is 0 Å². The number of nitrogens with one attached hydrogen (secondary N) is 1. The predicted octanol–water partition coefficient (Wildman–Crippen LogP) is 4.25. The third-order valence-electron chi connectivity index (χ3n) is 7.39. The highest BCUT2D eigenvalue weighted by Gasteiger charge is 2.80. The van der Waals surface area contributed by atoms with Crippen molar-refractivity contribution in [3.63, 3.8) is 0 Å². The lowest BCUT2D eigenvalue weighted by Crippen LogP contribution is -2.70. The Bertz CT molecular complexity index is 1240. The minimum atomic E-state index is -2.24. The first-order valence-corrected chi connectivity index (χ1v) is 13.7. The summed E-state index contributed by atoms with van der Waals surface area (Å²) < 4.78 is 11.7. The van der Waals surface area contributed by atoms with Gasteiger partial charge in [0.2, 0.25) is 17.4 Å². The molecule has 2 heterocycles. The van der Waals surface area contributed by atoms with E-state index < -0.39 is 46.7 Å². The van der Waals surface area contributed by atoms with Gasteiger partial charge in [0.25, 0.3) is 0 Å². The van der Waals surface area contributed by atoms with Crippen LogP contribution in [0, 0.1) is 5.92 Å². The summed E-state index contributed by atoms with van der Waals surface area (Å²) in [5.41, 5.74) is -2.63. The SMILES string of the molecule is CCOC(=O)C1(C(=O)OCC)N[C@H](CC(C)C)[C@@H](c2ccccc2)[C@]12C(=O)N(C(C)=O)c1ccc(Br)cc12. The summed E-state index contributed by atoms with van der Waals surface area (Å²) in [7, 11) is 0. The molecule has 8 nitrogen and oxygen atoms in total. The van der Waals surface area contributed by atoms with Gasteiger partial charge in [0.1, 0.15) is 5.41 Å². The number of ether oxygens (including phenoxy) is 2. The minimum absolute atomic E-state index is 0.0153. The molecule has 0 aromatic heterocycles. The topological polar surface area (TPSA) is 102 Å². The van der Waals surface area contributed by atoms with Crippen molar-refractivity contribution in [2.75, 3.05) is 18.1 Å². The second-order valence-corrected chi connectivity index (χ2v) is 11.0. The summed E-state index contributed by atoms with van der Waals surface area (Å²) >= 11 is 3.51. The van der Waals surface area contributed by atoms with E-state index >= 15 is 0 Å². The van der Waals surface area contributed by atoms with Gasteiger partial charge in [-0.1, -0.05) is 60.1 Å². The molecule has 2 aliphatic heterocycles. The molecule has 2 aromatic carbocycles. The number of carbonyl (C=O) groups is 4. The van der Waals surface area contributed by atoms with Crippen molar-refractivity contribution in [1.29, 1.82) is 0 Å². The summed E-state index contributed by atoms with van der Waals surface area (Å²) in [6.07, 6.45) is 0.540. The first-order valence-electron chi connectivity index (χ1n) is 12.9. The Balaban J connectivity index is 2.21. The van der Waals surface area contributed by atoms with Crippen molar-refractivity contribution in [2.24, 2.45) is 5.92 Å². The fraction of sp³-hybridized carbons (Fsp3) is 0.448. The second-order valence-electron chi connectivity index (χ2n) is 10.1. The van der Waals surface area contributed by atoms with Gasteiger partial charge in [0.05, 0.1) is 18.9 Å². The number of halogens is 1. The lowest BCUT2D eigenvalue weighted by atomic mass is 9.58. The number of fused-ring (bicyclic) bond motifs is 2. The van der Waals surface area contributed by atoms with E-state index in [9.17, 15) is 19.2 Å². The highest BCUT2D eigenvalue weighted by Crippen LogP contribution is 2.62. The first-order chi connectivity index (χ1) is 18.1. The first kappa shape index (κ1) is 28.0. The van der Waals surface area contributed by atoms with Gasteiger partial charge in [0, 0.05) is 23.4 Å². The fourth-order valence-corrected chi connectivity index (χ4v) is 6.61. The molecule has 2 aromatic rings. The molecule has 0 aliphatic carbocycles. The number of nitrogens with zero attached hydrogens (tertiary/aromatic N) is 1. The maximum atomic E-state index is 14.8. The predicted molar refractivity (Wildman–Crippen MR) is 146 cm³/mol. The van der Waals surface area contributed by atoms with Crippen LogP contribution in [0.1, 0.15) is 58.1 Å². The molecule has 3 atom stereocenters. The van der Waals surface area contributed by atoms with Crippen molar-refractivity contribution in [3.8, 4) is 0 Å². The molecule has 4 rings (SSSR count). The largest absolute Gasteiger partial charge is 0.464 e. The van der Waals surface area contributed by atoms with Gasteiger partial charge in [0.15, 0.2) is 0 Å². The Morgan fingerprint density at radius 3 is 2.16 bits per heavy atom. The number of amides is 2. The van der Waals surface area contributed by atoms with Crippen molar-refractivity contribution < 1.29 is 28.7 Å². The molecule has 38 heavy (non-hydrogen) atoms. The number of carbonyl (C=O) groups excluding carboxylic acids is 4. The van der Waals surface area contributed by atoms with Crippen LogP contribution in [0.25, 0.3) is 0 Å². The Kier molecular flexibility index (Phi) is 7.81. The highest BCUT2D eigenvalue weighted by atomic mass is 79.9. The van der Waals surface area contributed by atoms with E-state index in [1.165, 1.54) is 6.92 Å². The Hall–Kier alpha value is -3.04. The van der Waals surface area contributed by atoms with Gasteiger partial charge in [-0.2, -0.15) is 0 Å². The second kappa shape index (κ2) is 10.6. The lowest BCUT2D eigenvalue weighted by molar-refractivity contribution is -0.171. The van der Waals surface area contributed by atoms with E-state index in [2.05, 4.69) is 21.2 Å². The standard InChI is InChI=1S/C29H33BrN2O6/c1-6-37-26(35)29(27(36)38-7-2)28(21-16-20(30)13-14-23(21)32(18(5)33)25(28)34)24(19-11-9-8-10-12-19)22(31-29)15-17(3)4/h8-14,16-17,22,24,31H,6-7,15H2,1-5H3/t22-,24-,28-/m1/s1. The summed E-state index contributed by atoms with van der Waals surface area (Å²) in [5, 5.41) is 3.31. The number of rotatable bonds is 7. The third kappa shape index (κ3) is 3.98. The normalized spacial score (nSPS) is 23.6. The molecule has 2 amide bonds. The van der Waals surface area contributed by atoms with Crippen LogP contribution in [0.2, 0.25) is 0 Å². The van der Waals surface area contributed by atoms with Crippen LogP contribution in [0.3, 0.4) is 0 Å². The number of imide groups is 1. The maximum Gasteiger partial charge on any atom is 0.339 e. The van der Waals surface area contributed by atoms with Crippen molar-refractivity contribution in [1.82, 2.24) is 5.32 Å². The van der Waals surface area contributed by atoms with Gasteiger partial charge in [-0.25, -0.2) is 14.5 Å². The fourth-order valence-electron chi connectivity index (χ4n) is 6.25.